The predicted molar refractivity (Wildman–Crippen MR) is 86.3 cm³/mol. The number of carbonyl (C=O) groups excluding carboxylic acids is 1. The Morgan fingerprint density at radius 3 is 2.74 bits per heavy atom. The molecule has 1 aliphatic rings. The molecule has 0 bridgehead atoms. The number of hydrogen-bond donors (Lipinski definition) is 1. The van der Waals surface area contributed by atoms with Crippen LogP contribution in [0.1, 0.15) is 27.9 Å². The van der Waals surface area contributed by atoms with Crippen LogP contribution in [0.3, 0.4) is 0 Å². The molecule has 23 heavy (non-hydrogen) atoms. The van der Waals surface area contributed by atoms with Crippen molar-refractivity contribution in [2.75, 3.05) is 26.7 Å². The molecule has 0 aliphatic carbocycles. The number of H-pyrrole nitrogens is 1. The number of hydrogen-bond acceptors (Lipinski definition) is 4. The number of pyridine rings is 1. The molecule has 0 spiro atoms. The summed E-state index contributed by atoms with van der Waals surface area (Å²) in [7, 11) is 4.00. The summed E-state index contributed by atoms with van der Waals surface area (Å²) in [5, 5.41) is 0. The number of aryl methyl sites for hydroxylation is 2. The second kappa shape index (κ2) is 6.00. The number of amides is 1. The highest BCUT2D eigenvalue weighted by Crippen LogP contribution is 2.23. The lowest BCUT2D eigenvalue weighted by Crippen LogP contribution is -2.49. The number of nitrogens with one attached hydrogen (secondary N) is 1. The zero-order valence-corrected chi connectivity index (χ0v) is 13.6. The first kappa shape index (κ1) is 15.5. The summed E-state index contributed by atoms with van der Waals surface area (Å²) in [6, 6.07) is 3.14. The third-order valence-corrected chi connectivity index (χ3v) is 4.32. The Bertz CT molecular complexity index is 779. The normalized spacial score (nSPS) is 19.1. The second-order valence-corrected chi connectivity index (χ2v) is 6.06. The van der Waals surface area contributed by atoms with E-state index in [0.29, 0.717) is 24.3 Å². The van der Waals surface area contributed by atoms with Gasteiger partial charge in [-0.2, -0.15) is 0 Å². The molecule has 1 atom stereocenters. The van der Waals surface area contributed by atoms with Crippen molar-refractivity contribution in [1.29, 1.82) is 0 Å². The van der Waals surface area contributed by atoms with Gasteiger partial charge in [0, 0.05) is 56.4 Å². The van der Waals surface area contributed by atoms with E-state index in [4.69, 9.17) is 0 Å². The lowest BCUT2D eigenvalue weighted by molar-refractivity contribution is 0.0528. The fourth-order valence-electron chi connectivity index (χ4n) is 3.02. The number of carbonyl (C=O) groups is 1. The number of rotatable bonds is 2. The quantitative estimate of drug-likeness (QED) is 0.878. The smallest absolute Gasteiger partial charge is 0.254 e. The molecule has 3 heterocycles. The van der Waals surface area contributed by atoms with Gasteiger partial charge in [0.05, 0.1) is 6.04 Å². The lowest BCUT2D eigenvalue weighted by atomic mass is 10.1. The van der Waals surface area contributed by atoms with Gasteiger partial charge >= 0.3 is 0 Å². The average molecular weight is 315 g/mol. The Balaban J connectivity index is 1.84. The van der Waals surface area contributed by atoms with Crippen LogP contribution in [-0.2, 0) is 7.05 Å². The summed E-state index contributed by atoms with van der Waals surface area (Å²) >= 11 is 0. The summed E-state index contributed by atoms with van der Waals surface area (Å²) in [6.45, 7) is 3.75. The molecule has 1 saturated heterocycles. The highest BCUT2D eigenvalue weighted by atomic mass is 16.2. The summed E-state index contributed by atoms with van der Waals surface area (Å²) in [5.41, 5.74) is 0.883. The highest BCUT2D eigenvalue weighted by molar-refractivity contribution is 5.94. The fourth-order valence-corrected chi connectivity index (χ4v) is 3.02. The van der Waals surface area contributed by atoms with Gasteiger partial charge in [-0.3, -0.25) is 14.5 Å². The lowest BCUT2D eigenvalue weighted by Gasteiger charge is -2.39. The first-order chi connectivity index (χ1) is 11.0. The maximum Gasteiger partial charge on any atom is 0.254 e. The van der Waals surface area contributed by atoms with Crippen LogP contribution in [0.4, 0.5) is 0 Å². The number of imidazole rings is 1. The topological polar surface area (TPSA) is 74.2 Å². The molecule has 1 fully saturated rings. The van der Waals surface area contributed by atoms with Gasteiger partial charge in [0.15, 0.2) is 0 Å². The SMILES string of the molecule is Cc1cc(C(=O)N2CCN(C)[C@@H](c3nccn3C)C2)cc(=O)[nH]1. The summed E-state index contributed by atoms with van der Waals surface area (Å²) in [6.07, 6.45) is 3.67. The molecule has 0 aromatic carbocycles. The van der Waals surface area contributed by atoms with Crippen molar-refractivity contribution in [1.82, 2.24) is 24.3 Å². The van der Waals surface area contributed by atoms with E-state index in [9.17, 15) is 9.59 Å². The van der Waals surface area contributed by atoms with E-state index in [2.05, 4.69) is 14.9 Å². The Labute approximate surface area is 134 Å². The van der Waals surface area contributed by atoms with Crippen molar-refractivity contribution < 1.29 is 4.79 Å². The van der Waals surface area contributed by atoms with Crippen LogP contribution in [-0.4, -0.2) is 56.9 Å². The first-order valence-electron chi connectivity index (χ1n) is 7.63. The van der Waals surface area contributed by atoms with Crippen molar-refractivity contribution in [2.45, 2.75) is 13.0 Å². The maximum absolute atomic E-state index is 12.7. The van der Waals surface area contributed by atoms with E-state index in [1.165, 1.54) is 6.07 Å². The molecule has 1 N–H and O–H groups in total. The van der Waals surface area contributed by atoms with Crippen molar-refractivity contribution in [2.24, 2.45) is 7.05 Å². The van der Waals surface area contributed by atoms with Gasteiger partial charge in [0.25, 0.3) is 5.91 Å². The molecule has 7 heteroatoms. The number of aromatic amines is 1. The van der Waals surface area contributed by atoms with Gasteiger partial charge in [-0.25, -0.2) is 4.98 Å². The summed E-state index contributed by atoms with van der Waals surface area (Å²) in [5.74, 6) is 0.832. The molecule has 7 nitrogen and oxygen atoms in total. The Morgan fingerprint density at radius 1 is 1.30 bits per heavy atom. The van der Waals surface area contributed by atoms with E-state index in [1.54, 1.807) is 24.1 Å². The molecule has 1 amide bonds. The Kier molecular flexibility index (Phi) is 4.04. The standard InChI is InChI=1S/C16H21N5O2/c1-11-8-12(9-14(22)18-11)16(23)21-7-6-19(2)13(10-21)15-17-4-5-20(15)3/h4-5,8-9,13H,6-7,10H2,1-3H3,(H,18,22)/t13-/m1/s1. The van der Waals surface area contributed by atoms with E-state index < -0.39 is 0 Å². The third-order valence-electron chi connectivity index (χ3n) is 4.32. The van der Waals surface area contributed by atoms with Crippen LogP contribution in [0, 0.1) is 6.92 Å². The van der Waals surface area contributed by atoms with Crippen LogP contribution in [0.25, 0.3) is 0 Å². The second-order valence-electron chi connectivity index (χ2n) is 6.06. The molecule has 0 saturated carbocycles. The van der Waals surface area contributed by atoms with Crippen molar-refractivity contribution in [3.63, 3.8) is 0 Å². The highest BCUT2D eigenvalue weighted by Gasteiger charge is 2.31. The molecule has 122 valence electrons. The van der Waals surface area contributed by atoms with Crippen LogP contribution >= 0.6 is 0 Å². The number of piperazine rings is 1. The molecule has 2 aromatic rings. The van der Waals surface area contributed by atoms with Crippen LogP contribution in [0.2, 0.25) is 0 Å². The van der Waals surface area contributed by atoms with Gasteiger partial charge in [0.1, 0.15) is 5.82 Å². The van der Waals surface area contributed by atoms with Gasteiger partial charge in [-0.15, -0.1) is 0 Å². The first-order valence-corrected chi connectivity index (χ1v) is 7.63. The predicted octanol–water partition coefficient (Wildman–Crippen LogP) is 0.546. The number of likely N-dealkylation sites (N-methyl/N-ethyl adjacent to an activating group) is 1. The van der Waals surface area contributed by atoms with Gasteiger partial charge in [-0.1, -0.05) is 0 Å². The largest absolute Gasteiger partial charge is 0.337 e. The van der Waals surface area contributed by atoms with Crippen LogP contribution in [0.5, 0.6) is 0 Å². The van der Waals surface area contributed by atoms with Crippen molar-refractivity contribution in [3.05, 3.63) is 52.0 Å². The number of aromatic nitrogens is 3. The van der Waals surface area contributed by atoms with Crippen LogP contribution in [0.15, 0.2) is 29.3 Å². The van der Waals surface area contributed by atoms with Gasteiger partial charge in [0.2, 0.25) is 5.56 Å². The molecule has 0 unspecified atom stereocenters. The molecule has 1 aliphatic heterocycles. The van der Waals surface area contributed by atoms with Gasteiger partial charge < -0.3 is 14.5 Å². The number of nitrogens with zero attached hydrogens (tertiary/aromatic N) is 4. The van der Waals surface area contributed by atoms with Crippen molar-refractivity contribution >= 4 is 5.91 Å². The molecule has 2 aromatic heterocycles. The Morgan fingerprint density at radius 2 is 2.09 bits per heavy atom. The average Bonchev–Trinajstić information content (AvgIpc) is 2.92. The van der Waals surface area contributed by atoms with E-state index in [1.807, 2.05) is 24.9 Å². The third kappa shape index (κ3) is 3.05. The Hall–Kier alpha value is -2.41. The zero-order chi connectivity index (χ0) is 16.6. The molecule has 0 radical (unpaired) electrons. The van der Waals surface area contributed by atoms with Gasteiger partial charge in [-0.05, 0) is 20.0 Å². The zero-order valence-electron chi connectivity index (χ0n) is 13.6. The summed E-state index contributed by atoms with van der Waals surface area (Å²) in [4.78, 5) is 35.4. The van der Waals surface area contributed by atoms with E-state index in [0.717, 1.165) is 12.4 Å². The van der Waals surface area contributed by atoms with E-state index >= 15 is 0 Å². The fraction of sp³-hybridized carbons (Fsp3) is 0.438. The molecular weight excluding hydrogens is 294 g/mol. The van der Waals surface area contributed by atoms with Crippen LogP contribution < -0.4 is 5.56 Å². The minimum absolute atomic E-state index is 0.0517. The maximum atomic E-state index is 12.7. The molecule has 3 rings (SSSR count). The van der Waals surface area contributed by atoms with E-state index in [-0.39, 0.29) is 17.5 Å². The minimum atomic E-state index is -0.247. The summed E-state index contributed by atoms with van der Waals surface area (Å²) < 4.78 is 1.98. The van der Waals surface area contributed by atoms with Crippen molar-refractivity contribution in [3.8, 4) is 0 Å². The molecular formula is C16H21N5O2. The monoisotopic (exact) mass is 315 g/mol. The minimum Gasteiger partial charge on any atom is -0.337 e.